The van der Waals surface area contributed by atoms with E-state index in [-0.39, 0.29) is 12.5 Å². The Bertz CT molecular complexity index is 724. The third-order valence-electron chi connectivity index (χ3n) is 4.24. The van der Waals surface area contributed by atoms with Crippen LogP contribution in [0.3, 0.4) is 0 Å². The minimum absolute atomic E-state index is 0.185. The maximum Gasteiger partial charge on any atom is 0.255 e. The van der Waals surface area contributed by atoms with Gasteiger partial charge in [0, 0.05) is 31.1 Å². The third kappa shape index (κ3) is 4.33. The molecule has 8 nitrogen and oxygen atoms in total. The molecule has 0 fully saturated rings. The molecule has 2 heterocycles. The number of anilines is 1. The van der Waals surface area contributed by atoms with E-state index in [1.165, 1.54) is 0 Å². The number of methoxy groups -OCH3 is 1. The van der Waals surface area contributed by atoms with E-state index in [0.717, 1.165) is 18.5 Å². The summed E-state index contributed by atoms with van der Waals surface area (Å²) in [5, 5.41) is 7.23. The van der Waals surface area contributed by atoms with E-state index in [4.69, 9.17) is 10.5 Å². The van der Waals surface area contributed by atoms with Gasteiger partial charge in [-0.15, -0.1) is 0 Å². The Hall–Kier alpha value is -2.48. The number of carbonyl (C=O) groups excluding carboxylic acids is 1. The van der Waals surface area contributed by atoms with Crippen LogP contribution in [-0.4, -0.2) is 32.8 Å². The predicted molar refractivity (Wildman–Crippen MR) is 94.9 cm³/mol. The van der Waals surface area contributed by atoms with Gasteiger partial charge in [0.05, 0.1) is 17.8 Å². The molecule has 2 rings (SSSR count). The van der Waals surface area contributed by atoms with Crippen LogP contribution in [0.25, 0.3) is 0 Å². The van der Waals surface area contributed by atoms with Crippen molar-refractivity contribution in [3.8, 4) is 0 Å². The van der Waals surface area contributed by atoms with Gasteiger partial charge in [-0.3, -0.25) is 9.48 Å². The monoisotopic (exact) mass is 346 g/mol. The van der Waals surface area contributed by atoms with Gasteiger partial charge in [-0.05, 0) is 19.8 Å². The van der Waals surface area contributed by atoms with Gasteiger partial charge in [-0.2, -0.15) is 5.10 Å². The summed E-state index contributed by atoms with van der Waals surface area (Å²) < 4.78 is 6.89. The highest BCUT2D eigenvalue weighted by atomic mass is 16.5. The average molecular weight is 346 g/mol. The lowest BCUT2D eigenvalue weighted by molar-refractivity contribution is 0.0950. The molecule has 25 heavy (non-hydrogen) atoms. The smallest absolute Gasteiger partial charge is 0.255 e. The molecular weight excluding hydrogens is 320 g/mol. The second kappa shape index (κ2) is 8.57. The summed E-state index contributed by atoms with van der Waals surface area (Å²) in [5.74, 6) is 0.666. The molecule has 0 atom stereocenters. The Balaban J connectivity index is 2.06. The maximum absolute atomic E-state index is 12.5. The normalized spacial score (nSPS) is 11.1. The van der Waals surface area contributed by atoms with Crippen molar-refractivity contribution in [1.82, 2.24) is 25.1 Å². The van der Waals surface area contributed by atoms with Crippen molar-refractivity contribution >= 4 is 11.7 Å². The van der Waals surface area contributed by atoms with Crippen LogP contribution in [0.4, 0.5) is 5.82 Å². The number of hydrogen-bond acceptors (Lipinski definition) is 6. The molecule has 0 radical (unpaired) electrons. The molecule has 2 aromatic heterocycles. The number of nitrogens with two attached hydrogens (primary N) is 1. The molecule has 3 N–H and O–H groups in total. The van der Waals surface area contributed by atoms with E-state index in [2.05, 4.69) is 34.2 Å². The molecule has 0 aliphatic heterocycles. The van der Waals surface area contributed by atoms with Gasteiger partial charge in [-0.1, -0.05) is 13.8 Å². The number of ether oxygens (including phenoxy) is 1. The van der Waals surface area contributed by atoms with Crippen molar-refractivity contribution < 1.29 is 9.53 Å². The first-order chi connectivity index (χ1) is 12.0. The summed E-state index contributed by atoms with van der Waals surface area (Å²) in [7, 11) is 1.57. The van der Waals surface area contributed by atoms with E-state index in [1.54, 1.807) is 19.5 Å². The lowest BCUT2D eigenvalue weighted by Crippen LogP contribution is -2.24. The number of carbonyl (C=O) groups is 1. The van der Waals surface area contributed by atoms with E-state index >= 15 is 0 Å². The first-order valence-electron chi connectivity index (χ1n) is 8.43. The van der Waals surface area contributed by atoms with Crippen molar-refractivity contribution in [2.45, 2.75) is 52.8 Å². The highest BCUT2D eigenvalue weighted by Crippen LogP contribution is 2.19. The highest BCUT2D eigenvalue weighted by Gasteiger charge is 2.18. The van der Waals surface area contributed by atoms with Crippen LogP contribution < -0.4 is 11.1 Å². The fourth-order valence-electron chi connectivity index (χ4n) is 2.71. The standard InChI is InChI=1S/C17H26N6O2/c1-5-13(6-2)23-11(3)14(9-21-23)17(24)20-8-12-7-19-15(10-25-4)22-16(12)18/h7,9,13H,5-6,8,10H2,1-4H3,(H,20,24)(H2,18,19,22). The van der Waals surface area contributed by atoms with E-state index in [1.807, 2.05) is 11.6 Å². The van der Waals surface area contributed by atoms with Gasteiger partial charge in [0.2, 0.25) is 0 Å². The van der Waals surface area contributed by atoms with Crippen molar-refractivity contribution in [3.05, 3.63) is 35.0 Å². The second-order valence-corrected chi connectivity index (χ2v) is 5.87. The Labute approximate surface area is 147 Å². The molecule has 0 aliphatic rings. The third-order valence-corrected chi connectivity index (χ3v) is 4.24. The van der Waals surface area contributed by atoms with Crippen LogP contribution in [0.2, 0.25) is 0 Å². The van der Waals surface area contributed by atoms with Crippen LogP contribution in [0.1, 0.15) is 60.2 Å². The van der Waals surface area contributed by atoms with Gasteiger partial charge in [0.15, 0.2) is 5.82 Å². The molecule has 0 unspecified atom stereocenters. The summed E-state index contributed by atoms with van der Waals surface area (Å²) in [5.41, 5.74) is 8.02. The van der Waals surface area contributed by atoms with Crippen LogP contribution in [-0.2, 0) is 17.9 Å². The van der Waals surface area contributed by atoms with Crippen molar-refractivity contribution in [2.24, 2.45) is 0 Å². The molecule has 136 valence electrons. The molecule has 0 spiro atoms. The molecule has 0 aromatic carbocycles. The molecule has 8 heteroatoms. The molecular formula is C17H26N6O2. The van der Waals surface area contributed by atoms with E-state index in [0.29, 0.717) is 35.4 Å². The fourth-order valence-corrected chi connectivity index (χ4v) is 2.71. The fraction of sp³-hybridized carbons (Fsp3) is 0.529. The Morgan fingerprint density at radius 3 is 2.68 bits per heavy atom. The largest absolute Gasteiger partial charge is 0.383 e. The quantitative estimate of drug-likeness (QED) is 0.757. The van der Waals surface area contributed by atoms with Gasteiger partial charge >= 0.3 is 0 Å². The van der Waals surface area contributed by atoms with Crippen LogP contribution in [0, 0.1) is 6.92 Å². The lowest BCUT2D eigenvalue weighted by atomic mass is 10.1. The number of hydrogen-bond donors (Lipinski definition) is 2. The number of amides is 1. The summed E-state index contributed by atoms with van der Waals surface area (Å²) in [6.45, 7) is 6.70. The number of nitrogens with one attached hydrogen (secondary N) is 1. The Morgan fingerprint density at radius 1 is 1.36 bits per heavy atom. The van der Waals surface area contributed by atoms with Gasteiger partial charge < -0.3 is 15.8 Å². The summed E-state index contributed by atoms with van der Waals surface area (Å²) >= 11 is 0. The summed E-state index contributed by atoms with van der Waals surface area (Å²) in [6, 6.07) is 0.305. The summed E-state index contributed by atoms with van der Waals surface area (Å²) in [6.07, 6.45) is 5.17. The zero-order chi connectivity index (χ0) is 18.4. The second-order valence-electron chi connectivity index (χ2n) is 5.87. The SMILES string of the molecule is CCC(CC)n1ncc(C(=O)NCc2cnc(COC)nc2N)c1C. The molecule has 1 amide bonds. The summed E-state index contributed by atoms with van der Waals surface area (Å²) in [4.78, 5) is 20.8. The Morgan fingerprint density at radius 2 is 2.08 bits per heavy atom. The predicted octanol–water partition coefficient (Wildman–Crippen LogP) is 2.00. The van der Waals surface area contributed by atoms with Crippen molar-refractivity contribution in [2.75, 3.05) is 12.8 Å². The number of rotatable bonds is 8. The van der Waals surface area contributed by atoms with Crippen LogP contribution >= 0.6 is 0 Å². The van der Waals surface area contributed by atoms with Crippen molar-refractivity contribution in [3.63, 3.8) is 0 Å². The molecule has 0 aliphatic carbocycles. The minimum atomic E-state index is -0.185. The van der Waals surface area contributed by atoms with Crippen LogP contribution in [0.5, 0.6) is 0 Å². The van der Waals surface area contributed by atoms with Gasteiger partial charge in [0.25, 0.3) is 5.91 Å². The first-order valence-corrected chi connectivity index (χ1v) is 8.43. The lowest BCUT2D eigenvalue weighted by Gasteiger charge is -2.15. The maximum atomic E-state index is 12.5. The molecule has 0 bridgehead atoms. The zero-order valence-electron chi connectivity index (χ0n) is 15.2. The molecule has 0 saturated heterocycles. The minimum Gasteiger partial charge on any atom is -0.383 e. The van der Waals surface area contributed by atoms with Gasteiger partial charge in [0.1, 0.15) is 12.4 Å². The number of nitrogens with zero attached hydrogens (tertiary/aromatic N) is 4. The zero-order valence-corrected chi connectivity index (χ0v) is 15.2. The van der Waals surface area contributed by atoms with Gasteiger partial charge in [-0.25, -0.2) is 9.97 Å². The highest BCUT2D eigenvalue weighted by molar-refractivity contribution is 5.95. The van der Waals surface area contributed by atoms with E-state index in [9.17, 15) is 4.79 Å². The molecule has 2 aromatic rings. The van der Waals surface area contributed by atoms with Crippen molar-refractivity contribution in [1.29, 1.82) is 0 Å². The number of aromatic nitrogens is 4. The first kappa shape index (κ1) is 18.9. The number of nitrogen functional groups attached to an aromatic ring is 1. The topological polar surface area (TPSA) is 108 Å². The Kier molecular flexibility index (Phi) is 6.46. The van der Waals surface area contributed by atoms with E-state index < -0.39 is 0 Å². The van der Waals surface area contributed by atoms with Crippen LogP contribution in [0.15, 0.2) is 12.4 Å². The average Bonchev–Trinajstić information content (AvgIpc) is 2.97. The molecule has 0 saturated carbocycles.